The Labute approximate surface area is 246 Å². The number of nitrogens with zero attached hydrogens (tertiary/aromatic N) is 1. The van der Waals surface area contributed by atoms with Crippen molar-refractivity contribution in [2.75, 3.05) is 13.3 Å². The zero-order valence-corrected chi connectivity index (χ0v) is 24.1. The number of rotatable bonds is 17. The van der Waals surface area contributed by atoms with Crippen LogP contribution in [0.2, 0.25) is 0 Å². The minimum atomic E-state index is -0.662. The molecule has 0 saturated carbocycles. The number of carbonyl (C=O) groups is 4. The Balaban J connectivity index is 1.51. The number of benzene rings is 2. The van der Waals surface area contributed by atoms with Gasteiger partial charge in [0.2, 0.25) is 12.3 Å². The van der Waals surface area contributed by atoms with Crippen LogP contribution in [0.25, 0.3) is 11.3 Å². The quantitative estimate of drug-likeness (QED) is 0.0514. The predicted molar refractivity (Wildman–Crippen MR) is 156 cm³/mol. The fourth-order valence-corrected chi connectivity index (χ4v) is 4.65. The first-order valence-corrected chi connectivity index (χ1v) is 14.3. The Morgan fingerprint density at radius 2 is 1.71 bits per heavy atom. The van der Waals surface area contributed by atoms with Gasteiger partial charge in [0.25, 0.3) is 5.91 Å². The summed E-state index contributed by atoms with van der Waals surface area (Å²) in [5, 5.41) is 15.8. The number of hydroxylamine groups is 2. The highest BCUT2D eigenvalue weighted by atomic mass is 16.5. The summed E-state index contributed by atoms with van der Waals surface area (Å²) >= 11 is 0. The summed E-state index contributed by atoms with van der Waals surface area (Å²) in [7, 11) is 0. The van der Waals surface area contributed by atoms with Crippen molar-refractivity contribution >= 4 is 24.2 Å². The van der Waals surface area contributed by atoms with E-state index in [1.54, 1.807) is 37.3 Å². The lowest BCUT2D eigenvalue weighted by atomic mass is 9.90. The highest BCUT2D eigenvalue weighted by Gasteiger charge is 2.30. The second-order valence-corrected chi connectivity index (χ2v) is 9.90. The first kappa shape index (κ1) is 32.1. The summed E-state index contributed by atoms with van der Waals surface area (Å²) in [6, 6.07) is 19.0. The lowest BCUT2D eigenvalue weighted by molar-refractivity contribution is -0.168. The highest BCUT2D eigenvalue weighted by Crippen LogP contribution is 2.23. The van der Waals surface area contributed by atoms with Crippen LogP contribution in [0.15, 0.2) is 71.1 Å². The third-order valence-corrected chi connectivity index (χ3v) is 7.00. The lowest BCUT2D eigenvalue weighted by Crippen LogP contribution is -2.47. The summed E-state index contributed by atoms with van der Waals surface area (Å²) in [4.78, 5) is 49.0. The molecule has 0 aliphatic carbocycles. The Morgan fingerprint density at radius 3 is 2.38 bits per heavy atom. The molecule has 224 valence electrons. The van der Waals surface area contributed by atoms with E-state index in [1.807, 2.05) is 37.3 Å². The SMILES string of the molecule is CCCCC[C@@H](C(=O)NCNC(=O)c1ccc(-c2ccc(C(=O)OCCc3ccccc3)cc2)o1)[C@@H](CC)N(O)C=O. The van der Waals surface area contributed by atoms with Gasteiger partial charge in [0.05, 0.1) is 30.8 Å². The van der Waals surface area contributed by atoms with E-state index in [0.29, 0.717) is 47.6 Å². The van der Waals surface area contributed by atoms with Crippen molar-refractivity contribution in [2.24, 2.45) is 5.92 Å². The average molecular weight is 578 g/mol. The van der Waals surface area contributed by atoms with Crippen LogP contribution in [0.3, 0.4) is 0 Å². The van der Waals surface area contributed by atoms with Crippen LogP contribution in [0.1, 0.15) is 72.4 Å². The molecule has 3 rings (SSSR count). The summed E-state index contributed by atoms with van der Waals surface area (Å²) in [6.07, 6.45) is 4.50. The van der Waals surface area contributed by atoms with Gasteiger partial charge in [0, 0.05) is 12.0 Å². The van der Waals surface area contributed by atoms with E-state index in [0.717, 1.165) is 24.8 Å². The molecule has 0 unspecified atom stereocenters. The van der Waals surface area contributed by atoms with E-state index >= 15 is 0 Å². The molecule has 0 aliphatic heterocycles. The second-order valence-electron chi connectivity index (χ2n) is 9.90. The van der Waals surface area contributed by atoms with Gasteiger partial charge in [-0.2, -0.15) is 0 Å². The Morgan fingerprint density at radius 1 is 0.976 bits per heavy atom. The maximum absolute atomic E-state index is 12.9. The third kappa shape index (κ3) is 9.31. The highest BCUT2D eigenvalue weighted by molar-refractivity contribution is 5.92. The molecule has 42 heavy (non-hydrogen) atoms. The first-order chi connectivity index (χ1) is 20.4. The number of ether oxygens (including phenoxy) is 1. The van der Waals surface area contributed by atoms with Crippen LogP contribution in [-0.2, 0) is 20.7 Å². The van der Waals surface area contributed by atoms with Crippen molar-refractivity contribution in [1.82, 2.24) is 15.7 Å². The molecule has 10 nitrogen and oxygen atoms in total. The zero-order valence-electron chi connectivity index (χ0n) is 24.1. The Hall–Kier alpha value is -4.44. The monoisotopic (exact) mass is 577 g/mol. The smallest absolute Gasteiger partial charge is 0.338 e. The van der Waals surface area contributed by atoms with Gasteiger partial charge < -0.3 is 19.8 Å². The van der Waals surface area contributed by atoms with E-state index in [9.17, 15) is 24.4 Å². The van der Waals surface area contributed by atoms with E-state index < -0.39 is 23.8 Å². The number of carbonyl (C=O) groups excluding carboxylic acids is 4. The van der Waals surface area contributed by atoms with Gasteiger partial charge in [0.1, 0.15) is 5.76 Å². The molecule has 10 heteroatoms. The number of amides is 3. The fourth-order valence-electron chi connectivity index (χ4n) is 4.65. The Kier molecular flexibility index (Phi) is 12.8. The number of nitrogens with one attached hydrogen (secondary N) is 2. The summed E-state index contributed by atoms with van der Waals surface area (Å²) < 4.78 is 11.1. The molecule has 0 fully saturated rings. The maximum atomic E-state index is 12.9. The van der Waals surface area contributed by atoms with Crippen LogP contribution in [0.5, 0.6) is 0 Å². The van der Waals surface area contributed by atoms with E-state index in [4.69, 9.17) is 9.15 Å². The molecule has 2 aromatic carbocycles. The molecule has 1 aromatic heterocycles. The molecule has 0 radical (unpaired) electrons. The van der Waals surface area contributed by atoms with E-state index in [-0.39, 0.29) is 24.9 Å². The minimum Gasteiger partial charge on any atom is -0.462 e. The molecule has 3 amide bonds. The molecule has 0 aliphatic rings. The number of esters is 1. The zero-order chi connectivity index (χ0) is 30.3. The molecular formula is C32H39N3O7. The lowest BCUT2D eigenvalue weighted by Gasteiger charge is -2.29. The molecule has 0 bridgehead atoms. The van der Waals surface area contributed by atoms with Crippen molar-refractivity contribution < 1.29 is 33.5 Å². The van der Waals surface area contributed by atoms with E-state index in [2.05, 4.69) is 10.6 Å². The van der Waals surface area contributed by atoms with Crippen molar-refractivity contribution in [3.63, 3.8) is 0 Å². The summed E-state index contributed by atoms with van der Waals surface area (Å²) in [6.45, 7) is 3.97. The number of unbranched alkanes of at least 4 members (excludes halogenated alkanes) is 2. The predicted octanol–water partition coefficient (Wildman–Crippen LogP) is 4.97. The van der Waals surface area contributed by atoms with Gasteiger partial charge in [-0.25, -0.2) is 9.86 Å². The van der Waals surface area contributed by atoms with Crippen LogP contribution < -0.4 is 10.6 Å². The summed E-state index contributed by atoms with van der Waals surface area (Å²) in [5.41, 5.74) is 2.17. The first-order valence-electron chi connectivity index (χ1n) is 14.3. The van der Waals surface area contributed by atoms with Crippen molar-refractivity contribution in [2.45, 2.75) is 58.4 Å². The molecule has 2 atom stereocenters. The molecule has 0 spiro atoms. The third-order valence-electron chi connectivity index (χ3n) is 7.00. The number of furan rings is 1. The van der Waals surface area contributed by atoms with Crippen molar-refractivity contribution in [3.05, 3.63) is 83.6 Å². The van der Waals surface area contributed by atoms with Crippen LogP contribution >= 0.6 is 0 Å². The summed E-state index contributed by atoms with van der Waals surface area (Å²) in [5.74, 6) is -1.43. The van der Waals surface area contributed by atoms with E-state index in [1.165, 1.54) is 6.07 Å². The average Bonchev–Trinajstić information content (AvgIpc) is 3.51. The standard InChI is InChI=1S/C32H39N3O7/c1-3-5-7-12-26(27(4-2)35(40)22-36)30(37)33-21-34-31(38)29-18-17-28(42-29)24-13-15-25(16-14-24)32(39)41-20-19-23-10-8-6-9-11-23/h6,8-11,13-18,22,26-27,40H,3-5,7,12,19-21H2,1-2H3,(H,33,37)(H,34,38)/t26-,27-/m1/s1. The maximum Gasteiger partial charge on any atom is 0.338 e. The van der Waals surface area contributed by atoms with Gasteiger partial charge in [0.15, 0.2) is 5.76 Å². The molecule has 3 aromatic rings. The van der Waals surface area contributed by atoms with Crippen LogP contribution in [-0.4, -0.2) is 53.8 Å². The van der Waals surface area contributed by atoms with Gasteiger partial charge in [-0.3, -0.25) is 19.6 Å². The van der Waals surface area contributed by atoms with Gasteiger partial charge in [-0.1, -0.05) is 75.6 Å². The largest absolute Gasteiger partial charge is 0.462 e. The van der Waals surface area contributed by atoms with Gasteiger partial charge >= 0.3 is 5.97 Å². The van der Waals surface area contributed by atoms with Gasteiger partial charge in [-0.05, 0) is 42.7 Å². The topological polar surface area (TPSA) is 138 Å². The van der Waals surface area contributed by atoms with Crippen LogP contribution in [0.4, 0.5) is 0 Å². The van der Waals surface area contributed by atoms with Crippen molar-refractivity contribution in [3.8, 4) is 11.3 Å². The molecule has 3 N–H and O–H groups in total. The van der Waals surface area contributed by atoms with Gasteiger partial charge in [-0.15, -0.1) is 0 Å². The molecule has 1 heterocycles. The normalized spacial score (nSPS) is 12.2. The second kappa shape index (κ2) is 16.7. The Bertz CT molecular complexity index is 1290. The fraction of sp³-hybridized carbons (Fsp3) is 0.375. The van der Waals surface area contributed by atoms with Crippen molar-refractivity contribution in [1.29, 1.82) is 0 Å². The molecular weight excluding hydrogens is 538 g/mol. The number of hydrogen-bond donors (Lipinski definition) is 3. The molecule has 0 saturated heterocycles. The van der Waals surface area contributed by atoms with Crippen LogP contribution in [0, 0.1) is 5.92 Å². The minimum absolute atomic E-state index is 0.0528. The number of hydrogen-bond acceptors (Lipinski definition) is 7.